The first kappa shape index (κ1) is 16.9. The van der Waals surface area contributed by atoms with Gasteiger partial charge in [0.25, 0.3) is 0 Å². The number of likely N-dealkylation sites (tertiary alicyclic amines) is 1. The third kappa shape index (κ3) is 2.71. The number of hydrogen-bond acceptors (Lipinski definition) is 3. The van der Waals surface area contributed by atoms with Gasteiger partial charge in [-0.15, -0.1) is 0 Å². The molecule has 2 atom stereocenters. The molecule has 3 rings (SSSR count). The van der Waals surface area contributed by atoms with Gasteiger partial charge in [0, 0.05) is 7.05 Å². The summed E-state index contributed by atoms with van der Waals surface area (Å²) in [6.45, 7) is 0. The van der Waals surface area contributed by atoms with Crippen LogP contribution in [0, 0.1) is 11.2 Å². The van der Waals surface area contributed by atoms with Gasteiger partial charge in [0.15, 0.2) is 5.41 Å². The Labute approximate surface area is 145 Å². The Bertz CT molecular complexity index is 824. The van der Waals surface area contributed by atoms with Crippen molar-refractivity contribution in [3.63, 3.8) is 0 Å². The van der Waals surface area contributed by atoms with E-state index < -0.39 is 23.2 Å². The van der Waals surface area contributed by atoms with Gasteiger partial charge in [-0.25, -0.2) is 4.39 Å². The number of amides is 1. The monoisotopic (exact) mass is 339 g/mol. The highest BCUT2D eigenvalue weighted by atomic mass is 19.1. The molecule has 1 saturated heterocycles. The number of hydrogen-bond donors (Lipinski definition) is 0. The average molecular weight is 339 g/mol. The van der Waals surface area contributed by atoms with Gasteiger partial charge in [-0.2, -0.15) is 0 Å². The molecule has 1 aliphatic rings. The summed E-state index contributed by atoms with van der Waals surface area (Å²) < 4.78 is 18.6. The second kappa shape index (κ2) is 6.51. The molecule has 1 fully saturated rings. The zero-order valence-corrected chi connectivity index (χ0v) is 14.0. The van der Waals surface area contributed by atoms with E-state index in [1.807, 2.05) is 30.3 Å². The van der Waals surface area contributed by atoms with Gasteiger partial charge in [-0.3, -0.25) is 9.59 Å². The van der Waals surface area contributed by atoms with E-state index in [0.29, 0.717) is 5.56 Å². The van der Waals surface area contributed by atoms with Crippen LogP contribution in [0.15, 0.2) is 60.7 Å². The lowest BCUT2D eigenvalue weighted by Crippen LogP contribution is -2.64. The Morgan fingerprint density at radius 3 is 2.56 bits per heavy atom. The lowest BCUT2D eigenvalue weighted by molar-refractivity contribution is -0.180. The number of methoxy groups -OCH3 is 1. The van der Waals surface area contributed by atoms with Gasteiger partial charge in [-0.1, -0.05) is 54.6 Å². The van der Waals surface area contributed by atoms with Crippen LogP contribution >= 0.6 is 0 Å². The van der Waals surface area contributed by atoms with Crippen molar-refractivity contribution < 1.29 is 18.7 Å². The third-order valence-corrected chi connectivity index (χ3v) is 4.52. The molecule has 0 bridgehead atoms. The standard InChI is InChI=1S/C20H18FNO3/c1-22-17(15-9-6-10-16(21)13-15)20(18(22)23,19(24)25-2)12-11-14-7-4-3-5-8-14/h3-13,17H,1-2H3/b12-11+/t17-,20+/m1/s1. The number of carbonyl (C=O) groups is 2. The van der Waals surface area contributed by atoms with Crippen molar-refractivity contribution in [2.45, 2.75) is 6.04 Å². The Morgan fingerprint density at radius 2 is 1.92 bits per heavy atom. The highest BCUT2D eigenvalue weighted by Gasteiger charge is 2.64. The first-order valence-electron chi connectivity index (χ1n) is 7.86. The van der Waals surface area contributed by atoms with Crippen molar-refractivity contribution in [3.05, 3.63) is 77.6 Å². The van der Waals surface area contributed by atoms with Crippen LogP contribution in [-0.4, -0.2) is 30.9 Å². The van der Waals surface area contributed by atoms with Crippen molar-refractivity contribution in [3.8, 4) is 0 Å². The number of benzene rings is 2. The lowest BCUT2D eigenvalue weighted by atomic mass is 9.67. The molecule has 0 N–H and O–H groups in total. The Balaban J connectivity index is 2.08. The van der Waals surface area contributed by atoms with Gasteiger partial charge in [-0.05, 0) is 23.3 Å². The summed E-state index contributed by atoms with van der Waals surface area (Å²) in [6.07, 6.45) is 3.28. The minimum atomic E-state index is -1.49. The van der Waals surface area contributed by atoms with Crippen molar-refractivity contribution >= 4 is 18.0 Å². The van der Waals surface area contributed by atoms with Crippen LogP contribution in [-0.2, 0) is 14.3 Å². The molecule has 0 unspecified atom stereocenters. The molecule has 25 heavy (non-hydrogen) atoms. The molecule has 2 aromatic rings. The summed E-state index contributed by atoms with van der Waals surface area (Å²) in [5, 5.41) is 0. The van der Waals surface area contributed by atoms with E-state index in [0.717, 1.165) is 5.56 Å². The number of esters is 1. The number of rotatable bonds is 4. The molecule has 5 heteroatoms. The van der Waals surface area contributed by atoms with E-state index in [1.54, 1.807) is 31.3 Å². The van der Waals surface area contributed by atoms with Crippen LogP contribution in [0.5, 0.6) is 0 Å². The first-order chi connectivity index (χ1) is 12.0. The fourth-order valence-electron chi connectivity index (χ4n) is 3.32. The summed E-state index contributed by atoms with van der Waals surface area (Å²) in [4.78, 5) is 26.6. The maximum absolute atomic E-state index is 13.7. The maximum atomic E-state index is 13.7. The zero-order chi connectivity index (χ0) is 18.0. The van der Waals surface area contributed by atoms with Crippen LogP contribution < -0.4 is 0 Å². The fourth-order valence-corrected chi connectivity index (χ4v) is 3.32. The minimum absolute atomic E-state index is 0.374. The molecular weight excluding hydrogens is 321 g/mol. The maximum Gasteiger partial charge on any atom is 0.327 e. The molecule has 1 amide bonds. The predicted octanol–water partition coefficient (Wildman–Crippen LogP) is 3.21. The molecule has 4 nitrogen and oxygen atoms in total. The van der Waals surface area contributed by atoms with Crippen LogP contribution in [0.25, 0.3) is 6.08 Å². The fraction of sp³-hybridized carbons (Fsp3) is 0.200. The van der Waals surface area contributed by atoms with E-state index in [1.165, 1.54) is 24.1 Å². The van der Waals surface area contributed by atoms with Gasteiger partial charge in [0.2, 0.25) is 5.91 Å². The Hall–Kier alpha value is -2.95. The van der Waals surface area contributed by atoms with E-state index in [-0.39, 0.29) is 5.91 Å². The van der Waals surface area contributed by atoms with E-state index in [2.05, 4.69) is 0 Å². The molecule has 2 aromatic carbocycles. The number of nitrogens with zero attached hydrogens (tertiary/aromatic N) is 1. The number of ether oxygens (including phenoxy) is 1. The van der Waals surface area contributed by atoms with Gasteiger partial charge in [0.05, 0.1) is 13.2 Å². The van der Waals surface area contributed by atoms with E-state index >= 15 is 0 Å². The quantitative estimate of drug-likeness (QED) is 0.488. The smallest absolute Gasteiger partial charge is 0.327 e. The number of β-lactam (4-membered cyclic amide) rings is 1. The molecule has 1 aliphatic heterocycles. The Morgan fingerprint density at radius 1 is 1.20 bits per heavy atom. The number of carbonyl (C=O) groups excluding carboxylic acids is 2. The van der Waals surface area contributed by atoms with Crippen LogP contribution in [0.3, 0.4) is 0 Å². The molecule has 0 saturated carbocycles. The Kier molecular flexibility index (Phi) is 4.40. The van der Waals surface area contributed by atoms with Gasteiger partial charge >= 0.3 is 5.97 Å². The summed E-state index contributed by atoms with van der Waals surface area (Å²) >= 11 is 0. The topological polar surface area (TPSA) is 46.6 Å². The summed E-state index contributed by atoms with van der Waals surface area (Å²) in [5.41, 5.74) is -0.0935. The molecule has 128 valence electrons. The molecule has 0 aliphatic carbocycles. The third-order valence-electron chi connectivity index (χ3n) is 4.52. The van der Waals surface area contributed by atoms with E-state index in [4.69, 9.17) is 4.74 Å². The molecule has 0 aromatic heterocycles. The highest BCUT2D eigenvalue weighted by Crippen LogP contribution is 2.51. The average Bonchev–Trinajstić information content (AvgIpc) is 2.64. The van der Waals surface area contributed by atoms with Crippen molar-refractivity contribution in [2.24, 2.45) is 5.41 Å². The first-order valence-corrected chi connectivity index (χ1v) is 7.86. The summed E-state index contributed by atoms with van der Waals surface area (Å²) in [7, 11) is 2.84. The molecular formula is C20H18FNO3. The zero-order valence-electron chi connectivity index (χ0n) is 14.0. The van der Waals surface area contributed by atoms with Crippen LogP contribution in [0.1, 0.15) is 17.2 Å². The van der Waals surface area contributed by atoms with Crippen molar-refractivity contribution in [2.75, 3.05) is 14.2 Å². The van der Waals surface area contributed by atoms with Crippen molar-refractivity contribution in [1.29, 1.82) is 0 Å². The van der Waals surface area contributed by atoms with Gasteiger partial charge in [0.1, 0.15) is 5.82 Å². The highest BCUT2D eigenvalue weighted by molar-refractivity contribution is 6.11. The molecule has 0 radical (unpaired) electrons. The van der Waals surface area contributed by atoms with Crippen LogP contribution in [0.2, 0.25) is 0 Å². The minimum Gasteiger partial charge on any atom is -0.468 e. The second-order valence-electron chi connectivity index (χ2n) is 5.98. The van der Waals surface area contributed by atoms with E-state index in [9.17, 15) is 14.0 Å². The summed E-state index contributed by atoms with van der Waals surface area (Å²) in [5.74, 6) is -1.45. The predicted molar refractivity (Wildman–Crippen MR) is 91.8 cm³/mol. The lowest BCUT2D eigenvalue weighted by Gasteiger charge is -2.51. The molecule has 0 spiro atoms. The number of halogens is 1. The largest absolute Gasteiger partial charge is 0.468 e. The normalized spacial score (nSPS) is 22.8. The second-order valence-corrected chi connectivity index (χ2v) is 5.98. The van der Waals surface area contributed by atoms with Crippen molar-refractivity contribution in [1.82, 2.24) is 4.90 Å². The molecule has 1 heterocycles. The van der Waals surface area contributed by atoms with Crippen LogP contribution in [0.4, 0.5) is 4.39 Å². The summed E-state index contributed by atoms with van der Waals surface area (Å²) in [6, 6.07) is 14.6. The van der Waals surface area contributed by atoms with Gasteiger partial charge < -0.3 is 9.64 Å². The SMILES string of the molecule is COC(=O)[C@]1(/C=C/c2ccccc2)C(=O)N(C)[C@@H]1c1cccc(F)c1.